The van der Waals surface area contributed by atoms with E-state index >= 15 is 0 Å². The standard InChI is InChI=1S/C13H21BrN2O2S/c1-10-5-6-12(14)9-13(10)19(17,18)15-11(2)7-8-16(3)4/h5-6,9,11,15H,7-8H2,1-4H3. The fourth-order valence-electron chi connectivity index (χ4n) is 1.70. The summed E-state index contributed by atoms with van der Waals surface area (Å²) in [7, 11) is 0.485. The van der Waals surface area contributed by atoms with Gasteiger partial charge in [0.15, 0.2) is 0 Å². The average Bonchev–Trinajstić information content (AvgIpc) is 2.29. The second kappa shape index (κ2) is 6.83. The van der Waals surface area contributed by atoms with Gasteiger partial charge in [-0.3, -0.25) is 0 Å². The van der Waals surface area contributed by atoms with Crippen molar-refractivity contribution in [2.75, 3.05) is 20.6 Å². The Labute approximate surface area is 124 Å². The monoisotopic (exact) mass is 348 g/mol. The third-order valence-corrected chi connectivity index (χ3v) is 5.03. The SMILES string of the molecule is Cc1ccc(Br)cc1S(=O)(=O)NC(C)CCN(C)C. The van der Waals surface area contributed by atoms with E-state index in [0.29, 0.717) is 4.90 Å². The molecule has 0 amide bonds. The van der Waals surface area contributed by atoms with Gasteiger partial charge in [-0.1, -0.05) is 22.0 Å². The minimum atomic E-state index is -3.46. The van der Waals surface area contributed by atoms with E-state index in [1.165, 1.54) is 0 Å². The van der Waals surface area contributed by atoms with E-state index < -0.39 is 10.0 Å². The van der Waals surface area contributed by atoms with Crippen LogP contribution in [0.2, 0.25) is 0 Å². The lowest BCUT2D eigenvalue weighted by atomic mass is 10.2. The third-order valence-electron chi connectivity index (χ3n) is 2.81. The van der Waals surface area contributed by atoms with Crippen molar-refractivity contribution in [2.45, 2.75) is 31.2 Å². The van der Waals surface area contributed by atoms with Gasteiger partial charge in [0, 0.05) is 10.5 Å². The second-order valence-electron chi connectivity index (χ2n) is 5.02. The summed E-state index contributed by atoms with van der Waals surface area (Å²) in [5.41, 5.74) is 0.746. The highest BCUT2D eigenvalue weighted by molar-refractivity contribution is 9.10. The van der Waals surface area contributed by atoms with Gasteiger partial charge in [-0.05, 0) is 58.6 Å². The van der Waals surface area contributed by atoms with Crippen LogP contribution in [0.5, 0.6) is 0 Å². The lowest BCUT2D eigenvalue weighted by Gasteiger charge is -2.17. The number of sulfonamides is 1. The Hall–Kier alpha value is -0.430. The number of nitrogens with zero attached hydrogens (tertiary/aromatic N) is 1. The number of hydrogen-bond donors (Lipinski definition) is 1. The van der Waals surface area contributed by atoms with Gasteiger partial charge in [0.25, 0.3) is 0 Å². The first-order valence-electron chi connectivity index (χ1n) is 6.15. The molecule has 0 spiro atoms. The molecule has 19 heavy (non-hydrogen) atoms. The largest absolute Gasteiger partial charge is 0.309 e. The van der Waals surface area contributed by atoms with Gasteiger partial charge < -0.3 is 4.90 Å². The molecular formula is C13H21BrN2O2S. The molecule has 1 unspecified atom stereocenters. The maximum atomic E-state index is 12.3. The molecule has 0 saturated heterocycles. The van der Waals surface area contributed by atoms with E-state index in [1.807, 2.05) is 32.0 Å². The Morgan fingerprint density at radius 2 is 2.00 bits per heavy atom. The van der Waals surface area contributed by atoms with Gasteiger partial charge >= 0.3 is 0 Å². The Bertz CT molecular complexity index is 529. The topological polar surface area (TPSA) is 49.4 Å². The summed E-state index contributed by atoms with van der Waals surface area (Å²) in [6, 6.07) is 5.18. The summed E-state index contributed by atoms with van der Waals surface area (Å²) < 4.78 is 28.1. The van der Waals surface area contributed by atoms with E-state index in [2.05, 4.69) is 20.7 Å². The van der Waals surface area contributed by atoms with Gasteiger partial charge in [0.05, 0.1) is 4.90 Å². The van der Waals surface area contributed by atoms with Crippen molar-refractivity contribution in [2.24, 2.45) is 0 Å². The molecule has 0 aliphatic carbocycles. The third kappa shape index (κ3) is 5.22. The summed E-state index contributed by atoms with van der Waals surface area (Å²) >= 11 is 3.31. The summed E-state index contributed by atoms with van der Waals surface area (Å²) in [6.45, 7) is 4.53. The highest BCUT2D eigenvalue weighted by atomic mass is 79.9. The van der Waals surface area contributed by atoms with Crippen LogP contribution < -0.4 is 4.72 Å². The lowest BCUT2D eigenvalue weighted by Crippen LogP contribution is -2.35. The molecule has 0 aliphatic heterocycles. The quantitative estimate of drug-likeness (QED) is 0.858. The van der Waals surface area contributed by atoms with E-state index in [9.17, 15) is 8.42 Å². The van der Waals surface area contributed by atoms with Crippen LogP contribution in [-0.2, 0) is 10.0 Å². The van der Waals surface area contributed by atoms with Crippen molar-refractivity contribution in [3.63, 3.8) is 0 Å². The maximum Gasteiger partial charge on any atom is 0.241 e. The smallest absolute Gasteiger partial charge is 0.241 e. The van der Waals surface area contributed by atoms with Crippen molar-refractivity contribution >= 4 is 26.0 Å². The molecule has 1 aromatic carbocycles. The Kier molecular flexibility index (Phi) is 5.98. The number of rotatable bonds is 6. The number of benzene rings is 1. The maximum absolute atomic E-state index is 12.3. The molecule has 6 heteroatoms. The van der Waals surface area contributed by atoms with Crippen LogP contribution in [0.25, 0.3) is 0 Å². The van der Waals surface area contributed by atoms with Crippen LogP contribution in [0.3, 0.4) is 0 Å². The van der Waals surface area contributed by atoms with Crippen LogP contribution in [0.15, 0.2) is 27.6 Å². The van der Waals surface area contributed by atoms with Gasteiger partial charge in [-0.2, -0.15) is 0 Å². The van der Waals surface area contributed by atoms with Crippen LogP contribution in [0, 0.1) is 6.92 Å². The van der Waals surface area contributed by atoms with E-state index in [-0.39, 0.29) is 6.04 Å². The minimum absolute atomic E-state index is 0.0919. The summed E-state index contributed by atoms with van der Waals surface area (Å²) in [4.78, 5) is 2.37. The number of hydrogen-bond acceptors (Lipinski definition) is 3. The predicted octanol–water partition coefficient (Wildman–Crippen LogP) is 2.38. The Morgan fingerprint density at radius 3 is 2.58 bits per heavy atom. The summed E-state index contributed by atoms with van der Waals surface area (Å²) in [5.74, 6) is 0. The van der Waals surface area contributed by atoms with Crippen molar-refractivity contribution < 1.29 is 8.42 Å². The first kappa shape index (κ1) is 16.6. The van der Waals surface area contributed by atoms with Gasteiger partial charge in [-0.15, -0.1) is 0 Å². The molecule has 4 nitrogen and oxygen atoms in total. The molecule has 0 bridgehead atoms. The molecule has 0 radical (unpaired) electrons. The first-order chi connectivity index (χ1) is 8.72. The highest BCUT2D eigenvalue weighted by Crippen LogP contribution is 2.20. The van der Waals surface area contributed by atoms with Crippen molar-refractivity contribution in [1.82, 2.24) is 9.62 Å². The summed E-state index contributed by atoms with van der Waals surface area (Å²) in [6.07, 6.45) is 0.777. The second-order valence-corrected chi connectivity index (χ2v) is 7.62. The zero-order valence-electron chi connectivity index (χ0n) is 11.8. The highest BCUT2D eigenvalue weighted by Gasteiger charge is 2.19. The fourth-order valence-corrected chi connectivity index (χ4v) is 3.76. The van der Waals surface area contributed by atoms with E-state index in [0.717, 1.165) is 23.0 Å². The van der Waals surface area contributed by atoms with Crippen molar-refractivity contribution in [3.05, 3.63) is 28.2 Å². The van der Waals surface area contributed by atoms with Gasteiger partial charge in [0.1, 0.15) is 0 Å². The molecule has 1 aromatic rings. The van der Waals surface area contributed by atoms with Crippen molar-refractivity contribution in [1.29, 1.82) is 0 Å². The Morgan fingerprint density at radius 1 is 1.37 bits per heavy atom. The number of aryl methyl sites for hydroxylation is 1. The molecule has 0 fully saturated rings. The molecule has 1 rings (SSSR count). The predicted molar refractivity (Wildman–Crippen MR) is 81.8 cm³/mol. The average molecular weight is 349 g/mol. The number of halogens is 1. The van der Waals surface area contributed by atoms with Crippen LogP contribution in [-0.4, -0.2) is 40.0 Å². The molecule has 1 N–H and O–H groups in total. The number of nitrogens with one attached hydrogen (secondary N) is 1. The van der Waals surface area contributed by atoms with Crippen LogP contribution in [0.1, 0.15) is 18.9 Å². The summed E-state index contributed by atoms with van der Waals surface area (Å²) in [5, 5.41) is 0. The molecule has 0 aliphatic rings. The lowest BCUT2D eigenvalue weighted by molar-refractivity contribution is 0.379. The molecule has 0 aromatic heterocycles. The van der Waals surface area contributed by atoms with E-state index in [1.54, 1.807) is 19.1 Å². The van der Waals surface area contributed by atoms with Crippen LogP contribution in [0.4, 0.5) is 0 Å². The Balaban J connectivity index is 2.83. The fraction of sp³-hybridized carbons (Fsp3) is 0.538. The molecule has 0 heterocycles. The molecule has 1 atom stereocenters. The van der Waals surface area contributed by atoms with E-state index in [4.69, 9.17) is 0 Å². The zero-order valence-corrected chi connectivity index (χ0v) is 14.2. The molecular weight excluding hydrogens is 328 g/mol. The normalized spacial score (nSPS) is 13.8. The molecule has 0 saturated carbocycles. The van der Waals surface area contributed by atoms with Crippen LogP contribution >= 0.6 is 15.9 Å². The zero-order chi connectivity index (χ0) is 14.6. The minimum Gasteiger partial charge on any atom is -0.309 e. The van der Waals surface area contributed by atoms with Crippen molar-refractivity contribution in [3.8, 4) is 0 Å². The molecule has 108 valence electrons. The van der Waals surface area contributed by atoms with Gasteiger partial charge in [0.2, 0.25) is 10.0 Å². The first-order valence-corrected chi connectivity index (χ1v) is 8.43. The van der Waals surface area contributed by atoms with Gasteiger partial charge in [-0.25, -0.2) is 13.1 Å².